The number of aliphatic imine (C=N–C) groups is 1. The van der Waals surface area contributed by atoms with E-state index in [1.54, 1.807) is 19.2 Å². The monoisotopic (exact) mass is 385 g/mol. The number of benzene rings is 2. The summed E-state index contributed by atoms with van der Waals surface area (Å²) >= 11 is 0. The Labute approximate surface area is 166 Å². The number of ether oxygens (including phenoxy) is 2. The van der Waals surface area contributed by atoms with E-state index < -0.39 is 0 Å². The van der Waals surface area contributed by atoms with Crippen LogP contribution in [0, 0.1) is 5.82 Å². The van der Waals surface area contributed by atoms with Crippen LogP contribution >= 0.6 is 0 Å². The van der Waals surface area contributed by atoms with Gasteiger partial charge in [-0.05, 0) is 42.7 Å². The van der Waals surface area contributed by atoms with Crippen molar-refractivity contribution in [1.82, 2.24) is 10.6 Å². The molecular formula is C22H28FN3O2. The van der Waals surface area contributed by atoms with Crippen LogP contribution in [0.1, 0.15) is 18.4 Å². The van der Waals surface area contributed by atoms with Crippen LogP contribution in [0.5, 0.6) is 5.75 Å². The van der Waals surface area contributed by atoms with E-state index in [1.807, 2.05) is 36.4 Å². The van der Waals surface area contributed by atoms with Crippen molar-refractivity contribution in [2.75, 3.05) is 40.0 Å². The van der Waals surface area contributed by atoms with Crippen LogP contribution in [-0.4, -0.2) is 45.9 Å². The molecule has 0 atom stereocenters. The van der Waals surface area contributed by atoms with E-state index in [9.17, 15) is 4.39 Å². The van der Waals surface area contributed by atoms with E-state index in [0.29, 0.717) is 38.9 Å². The second-order valence-corrected chi connectivity index (χ2v) is 6.92. The number of hydrogen-bond acceptors (Lipinski definition) is 3. The van der Waals surface area contributed by atoms with Crippen molar-refractivity contribution in [2.45, 2.75) is 18.3 Å². The molecule has 0 bridgehead atoms. The predicted molar refractivity (Wildman–Crippen MR) is 109 cm³/mol. The highest BCUT2D eigenvalue weighted by molar-refractivity contribution is 5.79. The number of para-hydroxylation sites is 1. The van der Waals surface area contributed by atoms with Gasteiger partial charge in [0.2, 0.25) is 0 Å². The molecule has 0 unspecified atom stereocenters. The summed E-state index contributed by atoms with van der Waals surface area (Å²) in [6, 6.07) is 16.6. The van der Waals surface area contributed by atoms with Gasteiger partial charge in [-0.3, -0.25) is 4.99 Å². The highest BCUT2D eigenvalue weighted by atomic mass is 19.1. The summed E-state index contributed by atoms with van der Waals surface area (Å²) in [6.45, 7) is 3.18. The summed E-state index contributed by atoms with van der Waals surface area (Å²) in [4.78, 5) is 4.29. The van der Waals surface area contributed by atoms with E-state index in [2.05, 4.69) is 15.6 Å². The third-order valence-corrected chi connectivity index (χ3v) is 5.11. The molecule has 0 aliphatic carbocycles. The molecule has 1 saturated heterocycles. The average molecular weight is 385 g/mol. The van der Waals surface area contributed by atoms with Crippen LogP contribution in [0.4, 0.5) is 4.39 Å². The van der Waals surface area contributed by atoms with Crippen molar-refractivity contribution >= 4 is 5.96 Å². The SMILES string of the molecule is CN=C(NCCOc1ccccc1)NCC1(c2cccc(F)c2)CCOCC1. The van der Waals surface area contributed by atoms with Gasteiger partial charge in [-0.25, -0.2) is 4.39 Å². The summed E-state index contributed by atoms with van der Waals surface area (Å²) in [5.74, 6) is 1.35. The Morgan fingerprint density at radius 3 is 2.61 bits per heavy atom. The third-order valence-electron chi connectivity index (χ3n) is 5.11. The molecule has 1 fully saturated rings. The molecule has 0 spiro atoms. The Kier molecular flexibility index (Phi) is 7.25. The van der Waals surface area contributed by atoms with Crippen molar-refractivity contribution in [1.29, 1.82) is 0 Å². The van der Waals surface area contributed by atoms with Gasteiger partial charge in [0, 0.05) is 32.2 Å². The molecule has 2 aromatic rings. The van der Waals surface area contributed by atoms with Crippen LogP contribution in [0.25, 0.3) is 0 Å². The van der Waals surface area contributed by atoms with Crippen molar-refractivity contribution in [3.63, 3.8) is 0 Å². The first-order valence-corrected chi connectivity index (χ1v) is 9.68. The molecule has 5 nitrogen and oxygen atoms in total. The van der Waals surface area contributed by atoms with Crippen LogP contribution < -0.4 is 15.4 Å². The van der Waals surface area contributed by atoms with Gasteiger partial charge in [0.05, 0.1) is 6.54 Å². The zero-order valence-electron chi connectivity index (χ0n) is 16.3. The molecule has 0 radical (unpaired) electrons. The molecule has 6 heteroatoms. The number of halogens is 1. The maximum Gasteiger partial charge on any atom is 0.191 e. The number of hydrogen-bond donors (Lipinski definition) is 2. The van der Waals surface area contributed by atoms with Crippen LogP contribution in [0.15, 0.2) is 59.6 Å². The first-order valence-electron chi connectivity index (χ1n) is 9.68. The van der Waals surface area contributed by atoms with Gasteiger partial charge >= 0.3 is 0 Å². The number of nitrogens with one attached hydrogen (secondary N) is 2. The summed E-state index contributed by atoms with van der Waals surface area (Å²) < 4.78 is 25.0. The highest BCUT2D eigenvalue weighted by Gasteiger charge is 2.34. The van der Waals surface area contributed by atoms with Crippen molar-refractivity contribution in [2.24, 2.45) is 4.99 Å². The largest absolute Gasteiger partial charge is 0.492 e. The van der Waals surface area contributed by atoms with Gasteiger partial charge in [0.15, 0.2) is 5.96 Å². The Morgan fingerprint density at radius 2 is 1.89 bits per heavy atom. The average Bonchev–Trinajstić information content (AvgIpc) is 2.74. The molecule has 3 rings (SSSR count). The van der Waals surface area contributed by atoms with Crippen LogP contribution in [0.3, 0.4) is 0 Å². The summed E-state index contributed by atoms with van der Waals surface area (Å²) in [7, 11) is 1.74. The molecule has 0 amide bonds. The zero-order valence-corrected chi connectivity index (χ0v) is 16.3. The molecule has 1 aliphatic heterocycles. The van der Waals surface area contributed by atoms with E-state index in [-0.39, 0.29) is 11.2 Å². The minimum Gasteiger partial charge on any atom is -0.492 e. The predicted octanol–water partition coefficient (Wildman–Crippen LogP) is 3.12. The summed E-state index contributed by atoms with van der Waals surface area (Å²) in [5.41, 5.74) is 0.838. The molecule has 1 heterocycles. The molecule has 2 aromatic carbocycles. The van der Waals surface area contributed by atoms with Gasteiger partial charge in [0.25, 0.3) is 0 Å². The van der Waals surface area contributed by atoms with Gasteiger partial charge in [0.1, 0.15) is 18.2 Å². The van der Waals surface area contributed by atoms with Gasteiger partial charge in [-0.2, -0.15) is 0 Å². The maximum absolute atomic E-state index is 13.8. The Morgan fingerprint density at radius 1 is 1.11 bits per heavy atom. The Hall–Kier alpha value is -2.60. The molecule has 28 heavy (non-hydrogen) atoms. The number of guanidine groups is 1. The summed E-state index contributed by atoms with van der Waals surface area (Å²) in [5, 5.41) is 6.67. The molecular weight excluding hydrogens is 357 g/mol. The maximum atomic E-state index is 13.8. The highest BCUT2D eigenvalue weighted by Crippen LogP contribution is 2.34. The van der Waals surface area contributed by atoms with E-state index in [0.717, 1.165) is 24.2 Å². The number of nitrogens with zero attached hydrogens (tertiary/aromatic N) is 1. The van der Waals surface area contributed by atoms with Crippen LogP contribution in [0.2, 0.25) is 0 Å². The van der Waals surface area contributed by atoms with Gasteiger partial charge in [-0.15, -0.1) is 0 Å². The molecule has 0 aromatic heterocycles. The third kappa shape index (κ3) is 5.45. The molecule has 1 aliphatic rings. The molecule has 2 N–H and O–H groups in total. The first-order chi connectivity index (χ1) is 13.7. The Bertz CT molecular complexity index is 761. The topological polar surface area (TPSA) is 54.9 Å². The Balaban J connectivity index is 1.54. The fourth-order valence-electron chi connectivity index (χ4n) is 3.48. The second-order valence-electron chi connectivity index (χ2n) is 6.92. The lowest BCUT2D eigenvalue weighted by atomic mass is 9.74. The van der Waals surface area contributed by atoms with Crippen molar-refractivity contribution in [3.05, 3.63) is 66.0 Å². The lowest BCUT2D eigenvalue weighted by Gasteiger charge is -2.38. The smallest absolute Gasteiger partial charge is 0.191 e. The minimum atomic E-state index is -0.205. The van der Waals surface area contributed by atoms with Crippen LogP contribution in [-0.2, 0) is 10.2 Å². The molecule has 150 valence electrons. The van der Waals surface area contributed by atoms with E-state index >= 15 is 0 Å². The van der Waals surface area contributed by atoms with E-state index in [1.165, 1.54) is 6.07 Å². The number of rotatable bonds is 7. The first kappa shape index (κ1) is 20.1. The standard InChI is InChI=1S/C22H28FN3O2/c1-24-21(25-12-15-28-20-8-3-2-4-9-20)26-17-22(10-13-27-14-11-22)18-6-5-7-19(23)16-18/h2-9,16H,10-15,17H2,1H3,(H2,24,25,26). The lowest BCUT2D eigenvalue weighted by molar-refractivity contribution is 0.0513. The fraction of sp³-hybridized carbons (Fsp3) is 0.409. The molecule has 0 saturated carbocycles. The zero-order chi connectivity index (χ0) is 19.7. The summed E-state index contributed by atoms with van der Waals surface area (Å²) in [6.07, 6.45) is 1.69. The van der Waals surface area contributed by atoms with Crippen molar-refractivity contribution < 1.29 is 13.9 Å². The lowest BCUT2D eigenvalue weighted by Crippen LogP contribution is -2.48. The quantitative estimate of drug-likeness (QED) is 0.437. The van der Waals surface area contributed by atoms with Crippen molar-refractivity contribution in [3.8, 4) is 5.75 Å². The minimum absolute atomic E-state index is 0.168. The fourth-order valence-corrected chi connectivity index (χ4v) is 3.48. The normalized spacial score (nSPS) is 16.4. The second kappa shape index (κ2) is 10.1. The van der Waals surface area contributed by atoms with Gasteiger partial charge in [-0.1, -0.05) is 30.3 Å². The van der Waals surface area contributed by atoms with E-state index in [4.69, 9.17) is 9.47 Å². The van der Waals surface area contributed by atoms with Gasteiger partial charge < -0.3 is 20.1 Å².